The molecule has 2 fully saturated rings. The van der Waals surface area contributed by atoms with Gasteiger partial charge in [-0.1, -0.05) is 12.1 Å². The van der Waals surface area contributed by atoms with Crippen molar-refractivity contribution in [3.8, 4) is 11.3 Å². The molecule has 1 atom stereocenters. The molecule has 3 heterocycles. The highest BCUT2D eigenvalue weighted by atomic mass is 19.1. The maximum Gasteiger partial charge on any atom is 0.251 e. The Morgan fingerprint density at radius 3 is 2.71 bits per heavy atom. The summed E-state index contributed by atoms with van der Waals surface area (Å²) < 4.78 is 15.1. The largest absolute Gasteiger partial charge is 0.368 e. The fourth-order valence-electron chi connectivity index (χ4n) is 3.95. The van der Waals surface area contributed by atoms with E-state index in [9.17, 15) is 9.18 Å². The van der Waals surface area contributed by atoms with E-state index in [0.29, 0.717) is 31.6 Å². The zero-order chi connectivity index (χ0) is 21.2. The van der Waals surface area contributed by atoms with Crippen LogP contribution in [-0.2, 0) is 0 Å². The van der Waals surface area contributed by atoms with Crippen molar-refractivity contribution >= 4 is 17.4 Å². The highest BCUT2D eigenvalue weighted by Crippen LogP contribution is 2.29. The molecule has 1 aromatic carbocycles. The molecular formula is C23H27FN6O. The summed E-state index contributed by atoms with van der Waals surface area (Å²) in [5.41, 5.74) is 3.21. The number of carbonyl (C=O) groups is 1. The molecular weight excluding hydrogens is 395 g/mol. The molecule has 1 aliphatic carbocycles. The van der Waals surface area contributed by atoms with Gasteiger partial charge in [-0.3, -0.25) is 9.69 Å². The van der Waals surface area contributed by atoms with Crippen LogP contribution in [0.15, 0.2) is 42.6 Å². The van der Waals surface area contributed by atoms with Crippen molar-refractivity contribution in [3.05, 3.63) is 48.2 Å². The summed E-state index contributed by atoms with van der Waals surface area (Å²) in [6.07, 6.45) is 4.24. The van der Waals surface area contributed by atoms with E-state index in [1.54, 1.807) is 6.20 Å². The Labute approximate surface area is 180 Å². The number of carbonyl (C=O) groups excluding carboxylic acids is 1. The lowest BCUT2D eigenvalue weighted by atomic mass is 10.1. The maximum absolute atomic E-state index is 13.2. The first-order chi connectivity index (χ1) is 15.2. The normalized spacial score (nSPS) is 19.1. The van der Waals surface area contributed by atoms with Crippen LogP contribution in [-0.4, -0.2) is 64.3 Å². The van der Waals surface area contributed by atoms with E-state index >= 15 is 0 Å². The van der Waals surface area contributed by atoms with Gasteiger partial charge in [-0.2, -0.15) is 0 Å². The number of nitrogens with one attached hydrogen (secondary N) is 2. The lowest BCUT2D eigenvalue weighted by molar-refractivity contribution is 0.0949. The number of imidazole rings is 1. The standard InChI is InChI=1S/C23H27FN6O/c24-19-9-11-29(15-19)12-10-25-23(31)18-5-3-17(4-6-18)20-14-27-22-8-7-21(28-30(20)22)26-13-16-1-2-16/h3-8,14,16,19H,1-2,9-13,15H2,(H,25,31)(H,26,28). The van der Waals surface area contributed by atoms with Gasteiger partial charge >= 0.3 is 0 Å². The maximum atomic E-state index is 13.2. The average Bonchev–Trinajstić information content (AvgIpc) is 3.38. The predicted octanol–water partition coefficient (Wildman–Crippen LogP) is 2.99. The predicted molar refractivity (Wildman–Crippen MR) is 118 cm³/mol. The van der Waals surface area contributed by atoms with Crippen LogP contribution in [0.3, 0.4) is 0 Å². The highest BCUT2D eigenvalue weighted by molar-refractivity contribution is 5.94. The minimum atomic E-state index is -0.734. The van der Waals surface area contributed by atoms with Gasteiger partial charge in [-0.05, 0) is 49.4 Å². The summed E-state index contributed by atoms with van der Waals surface area (Å²) in [6.45, 7) is 3.38. The molecule has 31 heavy (non-hydrogen) atoms. The number of anilines is 1. The summed E-state index contributed by atoms with van der Waals surface area (Å²) in [5.74, 6) is 1.49. The Hall–Kier alpha value is -3.00. The Morgan fingerprint density at radius 1 is 1.13 bits per heavy atom. The number of hydrogen-bond acceptors (Lipinski definition) is 5. The first-order valence-corrected chi connectivity index (χ1v) is 11.0. The summed E-state index contributed by atoms with van der Waals surface area (Å²) in [7, 11) is 0. The second-order valence-electron chi connectivity index (χ2n) is 8.48. The van der Waals surface area contributed by atoms with Gasteiger partial charge < -0.3 is 10.6 Å². The van der Waals surface area contributed by atoms with Gasteiger partial charge in [-0.15, -0.1) is 5.10 Å². The van der Waals surface area contributed by atoms with E-state index < -0.39 is 6.17 Å². The van der Waals surface area contributed by atoms with Crippen LogP contribution >= 0.6 is 0 Å². The summed E-state index contributed by atoms with van der Waals surface area (Å²) in [5, 5.41) is 11.0. The molecule has 0 radical (unpaired) electrons. The van der Waals surface area contributed by atoms with Crippen LogP contribution in [0, 0.1) is 5.92 Å². The van der Waals surface area contributed by atoms with Crippen molar-refractivity contribution in [1.82, 2.24) is 24.8 Å². The number of rotatable bonds is 8. The second-order valence-corrected chi connectivity index (χ2v) is 8.48. The summed E-state index contributed by atoms with van der Waals surface area (Å²) in [6, 6.07) is 11.4. The topological polar surface area (TPSA) is 74.6 Å². The molecule has 1 unspecified atom stereocenters. The van der Waals surface area contributed by atoms with Crippen LogP contribution in [0.4, 0.5) is 10.2 Å². The minimum Gasteiger partial charge on any atom is -0.368 e. The van der Waals surface area contributed by atoms with Gasteiger partial charge in [0.2, 0.25) is 0 Å². The van der Waals surface area contributed by atoms with Gasteiger partial charge in [0.15, 0.2) is 5.65 Å². The van der Waals surface area contributed by atoms with Gasteiger partial charge in [0, 0.05) is 43.9 Å². The van der Waals surface area contributed by atoms with Crippen LogP contribution in [0.2, 0.25) is 0 Å². The Balaban J connectivity index is 1.23. The van der Waals surface area contributed by atoms with Crippen molar-refractivity contribution in [2.45, 2.75) is 25.4 Å². The first-order valence-electron chi connectivity index (χ1n) is 11.0. The zero-order valence-electron chi connectivity index (χ0n) is 17.4. The molecule has 2 aliphatic rings. The van der Waals surface area contributed by atoms with E-state index in [2.05, 4.69) is 20.7 Å². The molecule has 7 nitrogen and oxygen atoms in total. The Kier molecular flexibility index (Phi) is 5.55. The van der Waals surface area contributed by atoms with Gasteiger partial charge in [-0.25, -0.2) is 13.9 Å². The molecule has 1 saturated carbocycles. The minimum absolute atomic E-state index is 0.120. The van der Waals surface area contributed by atoms with Gasteiger partial charge in [0.25, 0.3) is 5.91 Å². The average molecular weight is 423 g/mol. The van der Waals surface area contributed by atoms with E-state index in [-0.39, 0.29) is 5.91 Å². The third kappa shape index (κ3) is 4.69. The highest BCUT2D eigenvalue weighted by Gasteiger charge is 2.22. The third-order valence-electron chi connectivity index (χ3n) is 6.00. The third-order valence-corrected chi connectivity index (χ3v) is 6.00. The first kappa shape index (κ1) is 19.9. The smallest absolute Gasteiger partial charge is 0.251 e. The lowest BCUT2D eigenvalue weighted by Crippen LogP contribution is -2.34. The van der Waals surface area contributed by atoms with Crippen molar-refractivity contribution in [2.24, 2.45) is 5.92 Å². The fraction of sp³-hybridized carbons (Fsp3) is 0.435. The molecule has 1 saturated heterocycles. The SMILES string of the molecule is O=C(NCCN1CCC(F)C1)c1ccc(-c2cnc3ccc(NCC4CC4)nn23)cc1. The molecule has 0 spiro atoms. The number of alkyl halides is 1. The van der Waals surface area contributed by atoms with Crippen LogP contribution in [0.5, 0.6) is 0 Å². The molecule has 2 N–H and O–H groups in total. The molecule has 0 bridgehead atoms. The van der Waals surface area contributed by atoms with Crippen molar-refractivity contribution < 1.29 is 9.18 Å². The Bertz CT molecular complexity index is 1060. The Morgan fingerprint density at radius 2 is 1.97 bits per heavy atom. The van der Waals surface area contributed by atoms with E-state index in [4.69, 9.17) is 0 Å². The molecule has 8 heteroatoms. The van der Waals surface area contributed by atoms with Gasteiger partial charge in [0.1, 0.15) is 12.0 Å². The molecule has 1 amide bonds. The number of amides is 1. The van der Waals surface area contributed by atoms with Crippen LogP contribution < -0.4 is 10.6 Å². The van der Waals surface area contributed by atoms with Crippen LogP contribution in [0.25, 0.3) is 16.9 Å². The van der Waals surface area contributed by atoms with Gasteiger partial charge in [0.05, 0.1) is 11.9 Å². The summed E-state index contributed by atoms with van der Waals surface area (Å²) in [4.78, 5) is 18.9. The number of likely N-dealkylation sites (tertiary alicyclic amines) is 1. The quantitative estimate of drug-likeness (QED) is 0.584. The molecule has 2 aromatic heterocycles. The zero-order valence-corrected chi connectivity index (χ0v) is 17.4. The number of nitrogens with zero attached hydrogens (tertiary/aromatic N) is 4. The molecule has 162 valence electrons. The van der Waals surface area contributed by atoms with Crippen molar-refractivity contribution in [1.29, 1.82) is 0 Å². The monoisotopic (exact) mass is 422 g/mol. The molecule has 1 aliphatic heterocycles. The number of fused-ring (bicyclic) bond motifs is 1. The molecule has 3 aromatic rings. The van der Waals surface area contributed by atoms with Crippen LogP contribution in [0.1, 0.15) is 29.6 Å². The van der Waals surface area contributed by atoms with E-state index in [1.165, 1.54) is 12.8 Å². The number of benzene rings is 1. The second kappa shape index (κ2) is 8.63. The molecule has 5 rings (SSSR count). The summed E-state index contributed by atoms with van der Waals surface area (Å²) >= 11 is 0. The fourth-order valence-corrected chi connectivity index (χ4v) is 3.95. The van der Waals surface area contributed by atoms with Crippen molar-refractivity contribution in [2.75, 3.05) is 38.0 Å². The van der Waals surface area contributed by atoms with E-state index in [1.807, 2.05) is 45.8 Å². The van der Waals surface area contributed by atoms with Crippen molar-refractivity contribution in [3.63, 3.8) is 0 Å². The number of hydrogen-bond donors (Lipinski definition) is 2. The number of aromatic nitrogens is 3. The van der Waals surface area contributed by atoms with E-state index in [0.717, 1.165) is 41.7 Å². The number of halogens is 1. The lowest BCUT2D eigenvalue weighted by Gasteiger charge is -2.14.